The normalized spacial score (nSPS) is 19.6. The van der Waals surface area contributed by atoms with Crippen LogP contribution in [0.15, 0.2) is 30.3 Å². The van der Waals surface area contributed by atoms with Crippen LogP contribution in [-0.4, -0.2) is 108 Å². The van der Waals surface area contributed by atoms with Crippen molar-refractivity contribution in [2.24, 2.45) is 0 Å². The molecule has 2 atom stereocenters. The summed E-state index contributed by atoms with van der Waals surface area (Å²) in [5.41, 5.74) is 1.79. The van der Waals surface area contributed by atoms with Crippen LogP contribution < -0.4 is 24.3 Å². The predicted molar refractivity (Wildman–Crippen MR) is 153 cm³/mol. The van der Waals surface area contributed by atoms with E-state index in [0.29, 0.717) is 40.7 Å². The fourth-order valence-corrected chi connectivity index (χ4v) is 5.74. The van der Waals surface area contributed by atoms with Crippen molar-refractivity contribution in [2.75, 3.05) is 81.3 Å². The number of ether oxygens (including phenoxy) is 4. The van der Waals surface area contributed by atoms with Gasteiger partial charge in [0.15, 0.2) is 23.0 Å². The molecule has 1 N–H and O–H groups in total. The summed E-state index contributed by atoms with van der Waals surface area (Å²) >= 11 is 0. The summed E-state index contributed by atoms with van der Waals surface area (Å²) < 4.78 is 22.0. The van der Waals surface area contributed by atoms with Crippen molar-refractivity contribution in [1.29, 1.82) is 0 Å². The zero-order chi connectivity index (χ0) is 28.8. The van der Waals surface area contributed by atoms with E-state index in [4.69, 9.17) is 18.9 Å². The molecule has 1 saturated heterocycles. The van der Waals surface area contributed by atoms with Crippen molar-refractivity contribution < 1.29 is 28.5 Å². The van der Waals surface area contributed by atoms with Crippen LogP contribution in [0, 0.1) is 0 Å². The third-order valence-electron chi connectivity index (χ3n) is 8.07. The van der Waals surface area contributed by atoms with Gasteiger partial charge >= 0.3 is 0 Å². The molecule has 0 unspecified atom stereocenters. The van der Waals surface area contributed by atoms with Crippen LogP contribution >= 0.6 is 0 Å². The lowest BCUT2D eigenvalue weighted by Crippen LogP contribution is -2.47. The molecule has 0 bridgehead atoms. The molecule has 0 aromatic heterocycles. The summed E-state index contributed by atoms with van der Waals surface area (Å²) in [5, 5.41) is 3.16. The van der Waals surface area contributed by atoms with Crippen LogP contribution in [-0.2, 0) is 4.79 Å². The van der Waals surface area contributed by atoms with Gasteiger partial charge in [-0.3, -0.25) is 9.59 Å². The summed E-state index contributed by atoms with van der Waals surface area (Å²) in [6, 6.07) is 8.34. The van der Waals surface area contributed by atoms with E-state index in [1.165, 1.54) is 7.11 Å². The Bertz CT molecular complexity index is 1200. The molecule has 0 spiro atoms. The highest BCUT2D eigenvalue weighted by atomic mass is 16.5. The van der Waals surface area contributed by atoms with E-state index in [9.17, 15) is 9.59 Å². The van der Waals surface area contributed by atoms with Gasteiger partial charge < -0.3 is 39.0 Å². The first-order valence-electron chi connectivity index (χ1n) is 13.8. The second-order valence-corrected chi connectivity index (χ2v) is 10.2. The number of carbonyl (C=O) groups is 2. The summed E-state index contributed by atoms with van der Waals surface area (Å²) in [5.74, 6) is 0.978. The van der Waals surface area contributed by atoms with Crippen molar-refractivity contribution in [2.45, 2.75) is 25.3 Å². The van der Waals surface area contributed by atoms with E-state index >= 15 is 0 Å². The summed E-state index contributed by atoms with van der Waals surface area (Å²) in [6.07, 6.45) is 0.846. The number of hydrogen-bond acceptors (Lipinski definition) is 8. The number of methoxy groups -OCH3 is 4. The number of amides is 2. The Hall–Kier alpha value is -3.50. The van der Waals surface area contributed by atoms with Gasteiger partial charge in [-0.15, -0.1) is 0 Å². The van der Waals surface area contributed by atoms with Gasteiger partial charge in [0.2, 0.25) is 5.91 Å². The van der Waals surface area contributed by atoms with Gasteiger partial charge in [-0.1, -0.05) is 13.0 Å². The van der Waals surface area contributed by atoms with E-state index in [2.05, 4.69) is 22.0 Å². The largest absolute Gasteiger partial charge is 0.493 e. The maximum absolute atomic E-state index is 14.0. The second kappa shape index (κ2) is 13.2. The van der Waals surface area contributed by atoms with Gasteiger partial charge in [-0.05, 0) is 54.9 Å². The maximum atomic E-state index is 14.0. The van der Waals surface area contributed by atoms with E-state index < -0.39 is 12.0 Å². The highest BCUT2D eigenvalue weighted by Crippen LogP contribution is 2.46. The van der Waals surface area contributed by atoms with Crippen molar-refractivity contribution in [3.05, 3.63) is 47.0 Å². The zero-order valence-corrected chi connectivity index (χ0v) is 24.5. The molecule has 0 aliphatic carbocycles. The number of piperazine rings is 1. The number of fused-ring (bicyclic) bond motifs is 1. The SMILES string of the molecule is CCN1CCN(CCCNC(=O)[C@H]2c3cc(OC)c(OC)cc3C(=O)N(C)[C@H]2c2ccc(OC)c(OC)c2)CC1. The van der Waals surface area contributed by atoms with Crippen LogP contribution in [0.4, 0.5) is 0 Å². The van der Waals surface area contributed by atoms with Crippen LogP contribution in [0.3, 0.4) is 0 Å². The monoisotopic (exact) mass is 554 g/mol. The Balaban J connectivity index is 1.62. The summed E-state index contributed by atoms with van der Waals surface area (Å²) in [6.45, 7) is 9.02. The molecule has 0 radical (unpaired) electrons. The van der Waals surface area contributed by atoms with Crippen molar-refractivity contribution in [3.8, 4) is 23.0 Å². The predicted octanol–water partition coefficient (Wildman–Crippen LogP) is 2.78. The number of benzene rings is 2. The number of likely N-dealkylation sites (N-methyl/N-ethyl adjacent to an activating group) is 2. The molecule has 2 aliphatic heterocycles. The Morgan fingerprint density at radius 2 is 1.48 bits per heavy atom. The molecule has 10 nitrogen and oxygen atoms in total. The lowest BCUT2D eigenvalue weighted by atomic mass is 9.79. The van der Waals surface area contributed by atoms with Gasteiger partial charge in [0.05, 0.1) is 40.4 Å². The van der Waals surface area contributed by atoms with E-state index in [-0.39, 0.29) is 11.8 Å². The Morgan fingerprint density at radius 3 is 2.10 bits per heavy atom. The van der Waals surface area contributed by atoms with E-state index in [1.54, 1.807) is 51.5 Å². The van der Waals surface area contributed by atoms with Gasteiger partial charge in [0, 0.05) is 45.3 Å². The van der Waals surface area contributed by atoms with Crippen LogP contribution in [0.25, 0.3) is 0 Å². The first-order valence-corrected chi connectivity index (χ1v) is 13.8. The first-order chi connectivity index (χ1) is 19.4. The molecule has 10 heteroatoms. The third kappa shape index (κ3) is 5.97. The van der Waals surface area contributed by atoms with Gasteiger partial charge in [-0.2, -0.15) is 0 Å². The van der Waals surface area contributed by atoms with Crippen molar-refractivity contribution in [3.63, 3.8) is 0 Å². The lowest BCUT2D eigenvalue weighted by molar-refractivity contribution is -0.124. The average Bonchev–Trinajstić information content (AvgIpc) is 3.00. The highest BCUT2D eigenvalue weighted by Gasteiger charge is 2.43. The quantitative estimate of drug-likeness (QED) is 0.424. The van der Waals surface area contributed by atoms with Crippen molar-refractivity contribution >= 4 is 11.8 Å². The lowest BCUT2D eigenvalue weighted by Gasteiger charge is -2.40. The fraction of sp³-hybridized carbons (Fsp3) is 0.533. The molecule has 218 valence electrons. The Morgan fingerprint density at radius 1 is 0.875 bits per heavy atom. The smallest absolute Gasteiger partial charge is 0.254 e. The van der Waals surface area contributed by atoms with Crippen LogP contribution in [0.2, 0.25) is 0 Å². The molecule has 2 aliphatic rings. The minimum absolute atomic E-state index is 0.150. The number of carbonyl (C=O) groups excluding carboxylic acids is 2. The minimum atomic E-state index is -0.677. The Labute approximate surface area is 237 Å². The average molecular weight is 555 g/mol. The van der Waals surface area contributed by atoms with Gasteiger partial charge in [0.25, 0.3) is 5.91 Å². The van der Waals surface area contributed by atoms with Crippen LogP contribution in [0.5, 0.6) is 23.0 Å². The molecule has 4 rings (SSSR count). The molecular formula is C30H42N4O6. The second-order valence-electron chi connectivity index (χ2n) is 10.2. The number of hydrogen-bond donors (Lipinski definition) is 1. The van der Waals surface area contributed by atoms with E-state index in [1.807, 2.05) is 12.1 Å². The molecule has 2 aromatic carbocycles. The Kier molecular flexibility index (Phi) is 9.76. The number of rotatable bonds is 11. The summed E-state index contributed by atoms with van der Waals surface area (Å²) in [4.78, 5) is 34.1. The van der Waals surface area contributed by atoms with Crippen LogP contribution in [0.1, 0.15) is 46.8 Å². The standard InChI is InChI=1S/C30H42N4O6/c1-7-33-13-15-34(16-14-33)12-8-11-31-29(35)27-21-18-25(39-5)26(40-6)19-22(21)30(36)32(2)28(27)20-9-10-23(37-3)24(17-20)38-4/h9-10,17-19,27-28H,7-8,11-16H2,1-6H3,(H,31,35)/t27-,28-/m0/s1. The van der Waals surface area contributed by atoms with Gasteiger partial charge in [-0.25, -0.2) is 0 Å². The number of nitrogens with one attached hydrogen (secondary N) is 1. The molecule has 40 heavy (non-hydrogen) atoms. The third-order valence-corrected chi connectivity index (χ3v) is 8.07. The fourth-order valence-electron chi connectivity index (χ4n) is 5.74. The molecule has 2 aromatic rings. The molecule has 2 heterocycles. The molecule has 0 saturated carbocycles. The summed E-state index contributed by atoms with van der Waals surface area (Å²) in [7, 11) is 7.93. The molecule has 1 fully saturated rings. The maximum Gasteiger partial charge on any atom is 0.254 e. The number of nitrogens with zero attached hydrogens (tertiary/aromatic N) is 3. The van der Waals surface area contributed by atoms with Crippen molar-refractivity contribution in [1.82, 2.24) is 20.0 Å². The first kappa shape index (κ1) is 29.5. The van der Waals surface area contributed by atoms with Gasteiger partial charge in [0.1, 0.15) is 0 Å². The minimum Gasteiger partial charge on any atom is -0.493 e. The topological polar surface area (TPSA) is 92.8 Å². The zero-order valence-electron chi connectivity index (χ0n) is 24.5. The molecular weight excluding hydrogens is 512 g/mol. The van der Waals surface area contributed by atoms with E-state index in [0.717, 1.165) is 51.3 Å². The highest BCUT2D eigenvalue weighted by molar-refractivity contribution is 6.02. The molecule has 2 amide bonds.